The van der Waals surface area contributed by atoms with Crippen molar-refractivity contribution in [3.8, 4) is 0 Å². The molecule has 0 aromatic carbocycles. The molecule has 88 valence electrons. The van der Waals surface area contributed by atoms with E-state index in [9.17, 15) is 4.79 Å². The van der Waals surface area contributed by atoms with Crippen LogP contribution in [-0.4, -0.2) is 29.7 Å². The predicted molar refractivity (Wildman–Crippen MR) is 60.7 cm³/mol. The van der Waals surface area contributed by atoms with Crippen LogP contribution in [0.4, 0.5) is 4.79 Å². The average Bonchev–Trinajstić information content (AvgIpc) is 2.09. The molecule has 0 bridgehead atoms. The molecule has 0 saturated carbocycles. The van der Waals surface area contributed by atoms with Crippen molar-refractivity contribution >= 4 is 6.09 Å². The highest BCUT2D eigenvalue weighted by Crippen LogP contribution is 2.27. The van der Waals surface area contributed by atoms with E-state index in [0.717, 1.165) is 6.54 Å². The van der Waals surface area contributed by atoms with Gasteiger partial charge in [-0.25, -0.2) is 4.79 Å². The first-order chi connectivity index (χ1) is 6.91. The Morgan fingerprint density at radius 2 is 1.93 bits per heavy atom. The quantitative estimate of drug-likeness (QED) is 0.670. The van der Waals surface area contributed by atoms with Crippen molar-refractivity contribution < 1.29 is 9.53 Å². The second kappa shape index (κ2) is 4.86. The summed E-state index contributed by atoms with van der Waals surface area (Å²) in [4.78, 5) is 13.7. The molecule has 15 heavy (non-hydrogen) atoms. The highest BCUT2D eigenvalue weighted by atomic mass is 16.6. The summed E-state index contributed by atoms with van der Waals surface area (Å²) in [6.07, 6.45) is 1.01. The summed E-state index contributed by atoms with van der Waals surface area (Å²) in [5, 5.41) is 0. The predicted octanol–water partition coefficient (Wildman–Crippen LogP) is 2.90. The van der Waals surface area contributed by atoms with Crippen LogP contribution in [0.2, 0.25) is 0 Å². The highest BCUT2D eigenvalue weighted by molar-refractivity contribution is 5.68. The minimum Gasteiger partial charge on any atom is -0.447 e. The Balaban J connectivity index is 2.62. The molecule has 1 aliphatic heterocycles. The van der Waals surface area contributed by atoms with Gasteiger partial charge in [-0.15, -0.1) is 0 Å². The minimum absolute atomic E-state index is 0.0303. The Labute approximate surface area is 92.8 Å². The largest absolute Gasteiger partial charge is 0.447 e. The Bertz CT molecular complexity index is 228. The Morgan fingerprint density at radius 1 is 1.33 bits per heavy atom. The third kappa shape index (κ3) is 3.11. The normalized spacial score (nSPS) is 31.9. The van der Waals surface area contributed by atoms with Gasteiger partial charge < -0.3 is 9.64 Å². The molecule has 0 aromatic rings. The minimum atomic E-state index is -0.157. The van der Waals surface area contributed by atoms with E-state index in [1.807, 2.05) is 18.7 Å². The van der Waals surface area contributed by atoms with Gasteiger partial charge in [-0.05, 0) is 39.0 Å². The highest BCUT2D eigenvalue weighted by Gasteiger charge is 2.32. The van der Waals surface area contributed by atoms with Crippen LogP contribution in [0.5, 0.6) is 0 Å². The lowest BCUT2D eigenvalue weighted by molar-refractivity contribution is 0.0316. The SMILES string of the molecule is CC1CC(C)C(C)N(C(=O)OC(C)C)C1. The van der Waals surface area contributed by atoms with E-state index in [1.165, 1.54) is 6.42 Å². The van der Waals surface area contributed by atoms with Gasteiger partial charge in [0.25, 0.3) is 0 Å². The average molecular weight is 213 g/mol. The first-order valence-electron chi connectivity index (χ1n) is 5.89. The van der Waals surface area contributed by atoms with Gasteiger partial charge in [0.2, 0.25) is 0 Å². The van der Waals surface area contributed by atoms with Crippen molar-refractivity contribution in [2.75, 3.05) is 6.54 Å². The van der Waals surface area contributed by atoms with Gasteiger partial charge in [0.05, 0.1) is 6.10 Å². The van der Waals surface area contributed by atoms with Crippen molar-refractivity contribution in [3.05, 3.63) is 0 Å². The van der Waals surface area contributed by atoms with Crippen LogP contribution >= 0.6 is 0 Å². The molecular weight excluding hydrogens is 190 g/mol. The molecular formula is C12H23NO2. The maximum absolute atomic E-state index is 11.8. The molecule has 3 unspecified atom stereocenters. The Morgan fingerprint density at radius 3 is 2.47 bits per heavy atom. The third-order valence-corrected chi connectivity index (χ3v) is 3.17. The fraction of sp³-hybridized carbons (Fsp3) is 0.917. The zero-order valence-electron chi connectivity index (χ0n) is 10.5. The zero-order valence-corrected chi connectivity index (χ0v) is 10.5. The van der Waals surface area contributed by atoms with Crippen molar-refractivity contribution in [1.29, 1.82) is 0 Å². The van der Waals surface area contributed by atoms with Crippen molar-refractivity contribution in [2.24, 2.45) is 11.8 Å². The molecule has 1 saturated heterocycles. The third-order valence-electron chi connectivity index (χ3n) is 3.17. The van der Waals surface area contributed by atoms with E-state index < -0.39 is 0 Å². The van der Waals surface area contributed by atoms with Gasteiger partial charge >= 0.3 is 6.09 Å². The number of likely N-dealkylation sites (tertiary alicyclic amines) is 1. The molecule has 1 heterocycles. The summed E-state index contributed by atoms with van der Waals surface area (Å²) in [7, 11) is 0. The number of nitrogens with zero attached hydrogens (tertiary/aromatic N) is 1. The molecule has 3 atom stereocenters. The van der Waals surface area contributed by atoms with Gasteiger partial charge in [-0.1, -0.05) is 13.8 Å². The van der Waals surface area contributed by atoms with E-state index in [-0.39, 0.29) is 12.2 Å². The van der Waals surface area contributed by atoms with Crippen LogP contribution < -0.4 is 0 Å². The summed E-state index contributed by atoms with van der Waals surface area (Å²) < 4.78 is 5.24. The van der Waals surface area contributed by atoms with Gasteiger partial charge in [-0.3, -0.25) is 0 Å². The zero-order chi connectivity index (χ0) is 11.6. The summed E-state index contributed by atoms with van der Waals surface area (Å²) in [5.41, 5.74) is 0. The first-order valence-corrected chi connectivity index (χ1v) is 5.89. The van der Waals surface area contributed by atoms with Crippen LogP contribution in [0.15, 0.2) is 0 Å². The molecule has 1 rings (SSSR count). The summed E-state index contributed by atoms with van der Waals surface area (Å²) >= 11 is 0. The van der Waals surface area contributed by atoms with E-state index in [0.29, 0.717) is 17.9 Å². The molecule has 0 aliphatic carbocycles. The van der Waals surface area contributed by atoms with E-state index >= 15 is 0 Å². The maximum atomic E-state index is 11.8. The fourth-order valence-electron chi connectivity index (χ4n) is 2.23. The Kier molecular flexibility index (Phi) is 4.00. The van der Waals surface area contributed by atoms with Crippen LogP contribution in [0.1, 0.15) is 41.0 Å². The molecule has 1 amide bonds. The summed E-state index contributed by atoms with van der Waals surface area (Å²) in [5.74, 6) is 1.14. The first kappa shape index (κ1) is 12.3. The molecule has 3 nitrogen and oxygen atoms in total. The molecule has 0 radical (unpaired) electrons. The lowest BCUT2D eigenvalue weighted by Gasteiger charge is -2.40. The van der Waals surface area contributed by atoms with Gasteiger partial charge in [0.15, 0.2) is 0 Å². The Hall–Kier alpha value is -0.730. The second-order valence-corrected chi connectivity index (χ2v) is 5.14. The summed E-state index contributed by atoms with van der Waals surface area (Å²) in [6.45, 7) is 11.1. The number of ether oxygens (including phenoxy) is 1. The smallest absolute Gasteiger partial charge is 0.410 e. The van der Waals surface area contributed by atoms with Crippen LogP contribution in [0, 0.1) is 11.8 Å². The van der Waals surface area contributed by atoms with Crippen molar-refractivity contribution in [1.82, 2.24) is 4.90 Å². The standard InChI is InChI=1S/C12H23NO2/c1-8(2)15-12(14)13-7-9(3)6-10(4)11(13)5/h8-11H,6-7H2,1-5H3. The van der Waals surface area contributed by atoms with Gasteiger partial charge in [0.1, 0.15) is 0 Å². The van der Waals surface area contributed by atoms with Gasteiger partial charge in [-0.2, -0.15) is 0 Å². The second-order valence-electron chi connectivity index (χ2n) is 5.14. The maximum Gasteiger partial charge on any atom is 0.410 e. The number of carbonyl (C=O) groups is 1. The number of rotatable bonds is 1. The number of carbonyl (C=O) groups excluding carboxylic acids is 1. The van der Waals surface area contributed by atoms with Gasteiger partial charge in [0, 0.05) is 12.6 Å². The van der Waals surface area contributed by atoms with E-state index in [1.54, 1.807) is 0 Å². The van der Waals surface area contributed by atoms with Crippen molar-refractivity contribution in [2.45, 2.75) is 53.2 Å². The lowest BCUT2D eigenvalue weighted by atomic mass is 9.86. The van der Waals surface area contributed by atoms with Crippen molar-refractivity contribution in [3.63, 3.8) is 0 Å². The van der Waals surface area contributed by atoms with Crippen LogP contribution in [0.3, 0.4) is 0 Å². The van der Waals surface area contributed by atoms with E-state index in [4.69, 9.17) is 4.74 Å². The molecule has 0 N–H and O–H groups in total. The number of piperidine rings is 1. The molecule has 0 aromatic heterocycles. The molecule has 1 aliphatic rings. The van der Waals surface area contributed by atoms with E-state index in [2.05, 4.69) is 20.8 Å². The molecule has 1 fully saturated rings. The number of hydrogen-bond acceptors (Lipinski definition) is 2. The summed E-state index contributed by atoms with van der Waals surface area (Å²) in [6, 6.07) is 0.299. The molecule has 3 heteroatoms. The number of amides is 1. The van der Waals surface area contributed by atoms with Crippen LogP contribution in [0.25, 0.3) is 0 Å². The topological polar surface area (TPSA) is 29.5 Å². The number of hydrogen-bond donors (Lipinski definition) is 0. The fourth-order valence-corrected chi connectivity index (χ4v) is 2.23. The molecule has 0 spiro atoms. The van der Waals surface area contributed by atoms with Crippen LogP contribution in [-0.2, 0) is 4.74 Å². The monoisotopic (exact) mass is 213 g/mol. The lowest BCUT2D eigenvalue weighted by Crippen LogP contribution is -2.49.